The molecule has 3 heteroatoms. The van der Waals surface area contributed by atoms with Crippen LogP contribution in [0.5, 0.6) is 0 Å². The van der Waals surface area contributed by atoms with Crippen molar-refractivity contribution < 1.29 is 14.5 Å². The van der Waals surface area contributed by atoms with Crippen molar-refractivity contribution in [3.63, 3.8) is 0 Å². The van der Waals surface area contributed by atoms with Crippen LogP contribution >= 0.6 is 0 Å². The van der Waals surface area contributed by atoms with E-state index in [1.807, 2.05) is 13.8 Å². The molecule has 1 aliphatic heterocycles. The molecule has 10 heavy (non-hydrogen) atoms. The highest BCUT2D eigenvalue weighted by Gasteiger charge is 2.16. The van der Waals surface area contributed by atoms with Crippen LogP contribution in [0.3, 0.4) is 0 Å². The standard InChI is InChI=1S/C7H14O3/c1-6(2)9-10-7-4-3-5-8-7/h6-7H,3-5H2,1-2H3. The molecule has 1 fully saturated rings. The summed E-state index contributed by atoms with van der Waals surface area (Å²) in [6.45, 7) is 4.65. The topological polar surface area (TPSA) is 27.7 Å². The van der Waals surface area contributed by atoms with Crippen molar-refractivity contribution in [2.24, 2.45) is 0 Å². The first kappa shape index (κ1) is 7.98. The first-order valence-corrected chi connectivity index (χ1v) is 3.73. The number of ether oxygens (including phenoxy) is 1. The van der Waals surface area contributed by atoms with E-state index in [0.717, 1.165) is 19.4 Å². The summed E-state index contributed by atoms with van der Waals surface area (Å²) >= 11 is 0. The summed E-state index contributed by atoms with van der Waals surface area (Å²) in [4.78, 5) is 9.84. The number of hydrogen-bond donors (Lipinski definition) is 0. The number of rotatable bonds is 3. The zero-order valence-electron chi connectivity index (χ0n) is 6.50. The van der Waals surface area contributed by atoms with Gasteiger partial charge in [0.25, 0.3) is 0 Å². The smallest absolute Gasteiger partial charge is 0.191 e. The van der Waals surface area contributed by atoms with Crippen LogP contribution < -0.4 is 0 Å². The van der Waals surface area contributed by atoms with E-state index in [1.54, 1.807) is 0 Å². The molecule has 0 saturated carbocycles. The molecule has 1 saturated heterocycles. The minimum absolute atomic E-state index is 0.115. The molecule has 0 aliphatic carbocycles. The molecular weight excluding hydrogens is 132 g/mol. The molecule has 60 valence electrons. The van der Waals surface area contributed by atoms with Gasteiger partial charge in [0.2, 0.25) is 0 Å². The van der Waals surface area contributed by atoms with E-state index in [-0.39, 0.29) is 12.4 Å². The molecule has 0 aromatic carbocycles. The van der Waals surface area contributed by atoms with Crippen molar-refractivity contribution in [3.8, 4) is 0 Å². The molecule has 0 spiro atoms. The van der Waals surface area contributed by atoms with E-state index in [4.69, 9.17) is 14.5 Å². The molecule has 0 aromatic heterocycles. The minimum Gasteiger partial charge on any atom is -0.350 e. The third-order valence-corrected chi connectivity index (χ3v) is 1.24. The fourth-order valence-electron chi connectivity index (χ4n) is 0.797. The Morgan fingerprint density at radius 2 is 2.30 bits per heavy atom. The van der Waals surface area contributed by atoms with Gasteiger partial charge in [0.1, 0.15) is 0 Å². The highest BCUT2D eigenvalue weighted by atomic mass is 17.2. The van der Waals surface area contributed by atoms with E-state index in [1.165, 1.54) is 0 Å². The van der Waals surface area contributed by atoms with E-state index in [2.05, 4.69) is 0 Å². The average molecular weight is 146 g/mol. The highest BCUT2D eigenvalue weighted by Crippen LogP contribution is 2.13. The Bertz CT molecular complexity index is 86.9. The molecule has 1 heterocycles. The average Bonchev–Trinajstić information content (AvgIpc) is 2.34. The zero-order chi connectivity index (χ0) is 7.40. The molecule has 0 radical (unpaired) electrons. The lowest BCUT2D eigenvalue weighted by atomic mass is 10.4. The van der Waals surface area contributed by atoms with Crippen molar-refractivity contribution in [2.45, 2.75) is 39.1 Å². The monoisotopic (exact) mass is 146 g/mol. The maximum Gasteiger partial charge on any atom is 0.191 e. The van der Waals surface area contributed by atoms with Gasteiger partial charge in [-0.05, 0) is 20.3 Å². The summed E-state index contributed by atoms with van der Waals surface area (Å²) in [5.41, 5.74) is 0. The van der Waals surface area contributed by atoms with Crippen LogP contribution in [-0.4, -0.2) is 19.0 Å². The van der Waals surface area contributed by atoms with Crippen LogP contribution in [0.15, 0.2) is 0 Å². The highest BCUT2D eigenvalue weighted by molar-refractivity contribution is 4.51. The summed E-state index contributed by atoms with van der Waals surface area (Å²) in [5, 5.41) is 0. The summed E-state index contributed by atoms with van der Waals surface area (Å²) in [6.07, 6.45) is 2.02. The summed E-state index contributed by atoms with van der Waals surface area (Å²) in [6, 6.07) is 0. The van der Waals surface area contributed by atoms with Crippen LogP contribution in [0.25, 0.3) is 0 Å². The summed E-state index contributed by atoms with van der Waals surface area (Å²) in [7, 11) is 0. The third kappa shape index (κ3) is 2.64. The Morgan fingerprint density at radius 3 is 2.80 bits per heavy atom. The van der Waals surface area contributed by atoms with E-state index in [9.17, 15) is 0 Å². The van der Waals surface area contributed by atoms with Gasteiger partial charge in [-0.25, -0.2) is 9.78 Å². The Labute approximate surface area is 61.2 Å². The third-order valence-electron chi connectivity index (χ3n) is 1.24. The first-order valence-electron chi connectivity index (χ1n) is 3.73. The fraction of sp³-hybridized carbons (Fsp3) is 1.00. The van der Waals surface area contributed by atoms with Crippen molar-refractivity contribution >= 4 is 0 Å². The second-order valence-corrected chi connectivity index (χ2v) is 2.68. The predicted molar refractivity (Wildman–Crippen MR) is 36.3 cm³/mol. The number of hydrogen-bond acceptors (Lipinski definition) is 3. The molecule has 1 unspecified atom stereocenters. The molecule has 1 atom stereocenters. The maximum atomic E-state index is 5.16. The lowest BCUT2D eigenvalue weighted by molar-refractivity contribution is -0.385. The predicted octanol–water partition coefficient (Wildman–Crippen LogP) is 1.48. The minimum atomic E-state index is -0.123. The molecular formula is C7H14O3. The molecule has 0 bridgehead atoms. The van der Waals surface area contributed by atoms with Gasteiger partial charge in [-0.2, -0.15) is 0 Å². The zero-order valence-corrected chi connectivity index (χ0v) is 6.50. The van der Waals surface area contributed by atoms with E-state index in [0.29, 0.717) is 0 Å². The van der Waals surface area contributed by atoms with Gasteiger partial charge < -0.3 is 4.74 Å². The SMILES string of the molecule is CC(C)OOC1CCCO1. The van der Waals surface area contributed by atoms with Gasteiger partial charge in [-0.15, -0.1) is 0 Å². The molecule has 1 rings (SSSR count). The van der Waals surface area contributed by atoms with Crippen LogP contribution in [0.2, 0.25) is 0 Å². The van der Waals surface area contributed by atoms with E-state index >= 15 is 0 Å². The van der Waals surface area contributed by atoms with Crippen LogP contribution in [0, 0.1) is 0 Å². The normalized spacial score (nSPS) is 26.1. The Hall–Kier alpha value is -0.120. The second-order valence-electron chi connectivity index (χ2n) is 2.68. The van der Waals surface area contributed by atoms with Gasteiger partial charge in [0.05, 0.1) is 12.7 Å². The van der Waals surface area contributed by atoms with Crippen LogP contribution in [0.1, 0.15) is 26.7 Å². The lowest BCUT2D eigenvalue weighted by Crippen LogP contribution is -2.14. The van der Waals surface area contributed by atoms with Crippen molar-refractivity contribution in [2.75, 3.05) is 6.61 Å². The Kier molecular flexibility index (Phi) is 3.12. The molecule has 0 aromatic rings. The molecule has 0 N–H and O–H groups in total. The van der Waals surface area contributed by atoms with Gasteiger partial charge in [0, 0.05) is 6.42 Å². The van der Waals surface area contributed by atoms with Crippen molar-refractivity contribution in [1.82, 2.24) is 0 Å². The molecule has 0 amide bonds. The van der Waals surface area contributed by atoms with E-state index < -0.39 is 0 Å². The molecule has 3 nitrogen and oxygen atoms in total. The maximum absolute atomic E-state index is 5.16. The second kappa shape index (κ2) is 3.91. The Morgan fingerprint density at radius 1 is 1.50 bits per heavy atom. The van der Waals surface area contributed by atoms with Gasteiger partial charge >= 0.3 is 0 Å². The van der Waals surface area contributed by atoms with Gasteiger partial charge in [-0.3, -0.25) is 0 Å². The van der Waals surface area contributed by atoms with Gasteiger partial charge in [0.15, 0.2) is 6.29 Å². The molecule has 1 aliphatic rings. The van der Waals surface area contributed by atoms with Crippen molar-refractivity contribution in [3.05, 3.63) is 0 Å². The Balaban J connectivity index is 2.01. The quantitative estimate of drug-likeness (QED) is 0.446. The summed E-state index contributed by atoms with van der Waals surface area (Å²) < 4.78 is 5.16. The largest absolute Gasteiger partial charge is 0.350 e. The lowest BCUT2D eigenvalue weighted by Gasteiger charge is -2.11. The fourth-order valence-corrected chi connectivity index (χ4v) is 0.797. The first-order chi connectivity index (χ1) is 4.79. The van der Waals surface area contributed by atoms with Crippen molar-refractivity contribution in [1.29, 1.82) is 0 Å². The van der Waals surface area contributed by atoms with Gasteiger partial charge in [-0.1, -0.05) is 0 Å². The van der Waals surface area contributed by atoms with Crippen LogP contribution in [0.4, 0.5) is 0 Å². The van der Waals surface area contributed by atoms with Crippen LogP contribution in [-0.2, 0) is 14.5 Å². The summed E-state index contributed by atoms with van der Waals surface area (Å²) in [5.74, 6) is 0.